The van der Waals surface area contributed by atoms with Crippen molar-refractivity contribution >= 4 is 22.4 Å². The predicted octanol–water partition coefficient (Wildman–Crippen LogP) is 3.58. The van der Waals surface area contributed by atoms with Gasteiger partial charge in [0.05, 0.1) is 17.1 Å². The summed E-state index contributed by atoms with van der Waals surface area (Å²) in [5, 5.41) is 6.37. The van der Waals surface area contributed by atoms with Crippen LogP contribution in [-0.4, -0.2) is 38.4 Å². The van der Waals surface area contributed by atoms with Crippen molar-refractivity contribution in [3.05, 3.63) is 52.9 Å². The molecule has 2 heterocycles. The first-order valence-electron chi connectivity index (χ1n) is 8.46. The van der Waals surface area contributed by atoms with Gasteiger partial charge in [0.15, 0.2) is 0 Å². The number of hydrogen-bond donors (Lipinski definition) is 1. The SMILES string of the molecule is CO[C@@H]1CN(c2cc(C)cs2)CC[C@@H]1NC(=O)OCc1ccccc1. The molecule has 2 aromatic rings. The molecule has 134 valence electrons. The fourth-order valence-corrected chi connectivity index (χ4v) is 3.96. The summed E-state index contributed by atoms with van der Waals surface area (Å²) < 4.78 is 10.9. The Bertz CT molecular complexity index is 689. The zero-order valence-corrected chi connectivity index (χ0v) is 15.4. The number of nitrogens with one attached hydrogen (secondary N) is 1. The molecule has 0 radical (unpaired) electrons. The molecule has 6 heteroatoms. The summed E-state index contributed by atoms with van der Waals surface area (Å²) in [5.41, 5.74) is 2.25. The van der Waals surface area contributed by atoms with E-state index >= 15 is 0 Å². The number of alkyl carbamates (subject to hydrolysis) is 1. The van der Waals surface area contributed by atoms with E-state index in [1.54, 1.807) is 18.4 Å². The van der Waals surface area contributed by atoms with Gasteiger partial charge in [-0.25, -0.2) is 4.79 Å². The van der Waals surface area contributed by atoms with E-state index < -0.39 is 6.09 Å². The standard InChI is InChI=1S/C19H24N2O3S/c1-14-10-18(25-13-14)21-9-8-16(17(11-21)23-2)20-19(22)24-12-15-6-4-3-5-7-15/h3-7,10,13,16-17H,8-9,11-12H2,1-2H3,(H,20,22)/t16-,17+/m0/s1. The van der Waals surface area contributed by atoms with E-state index in [2.05, 4.69) is 28.6 Å². The molecule has 1 saturated heterocycles. The summed E-state index contributed by atoms with van der Waals surface area (Å²) in [6.45, 7) is 4.03. The quantitative estimate of drug-likeness (QED) is 0.885. The number of hydrogen-bond acceptors (Lipinski definition) is 5. The normalized spacial score (nSPS) is 20.3. The van der Waals surface area contributed by atoms with E-state index in [0.717, 1.165) is 25.1 Å². The Kier molecular flexibility index (Phi) is 5.94. The van der Waals surface area contributed by atoms with Crippen LogP contribution in [0.5, 0.6) is 0 Å². The van der Waals surface area contributed by atoms with E-state index in [1.807, 2.05) is 30.3 Å². The van der Waals surface area contributed by atoms with E-state index in [0.29, 0.717) is 0 Å². The Balaban J connectivity index is 1.51. The van der Waals surface area contributed by atoms with Crippen LogP contribution in [0.15, 0.2) is 41.8 Å². The Morgan fingerprint density at radius 2 is 2.16 bits per heavy atom. The summed E-state index contributed by atoms with van der Waals surface area (Å²) in [4.78, 5) is 14.4. The summed E-state index contributed by atoms with van der Waals surface area (Å²) in [6, 6.07) is 11.8. The summed E-state index contributed by atoms with van der Waals surface area (Å²) >= 11 is 1.75. The van der Waals surface area contributed by atoms with Gasteiger partial charge in [-0.2, -0.15) is 0 Å². The summed E-state index contributed by atoms with van der Waals surface area (Å²) in [5.74, 6) is 0. The highest BCUT2D eigenvalue weighted by Gasteiger charge is 2.31. The van der Waals surface area contributed by atoms with Gasteiger partial charge in [0, 0.05) is 20.2 Å². The zero-order chi connectivity index (χ0) is 17.6. The van der Waals surface area contributed by atoms with Gasteiger partial charge in [-0.1, -0.05) is 30.3 Å². The van der Waals surface area contributed by atoms with Gasteiger partial charge in [-0.15, -0.1) is 11.3 Å². The molecule has 1 amide bonds. The van der Waals surface area contributed by atoms with Crippen molar-refractivity contribution in [3.8, 4) is 0 Å². The van der Waals surface area contributed by atoms with Crippen molar-refractivity contribution in [3.63, 3.8) is 0 Å². The fraction of sp³-hybridized carbons (Fsp3) is 0.421. The lowest BCUT2D eigenvalue weighted by atomic mass is 10.0. The minimum absolute atomic E-state index is 0.0365. The number of ether oxygens (including phenoxy) is 2. The largest absolute Gasteiger partial charge is 0.445 e. The minimum atomic E-state index is -0.392. The smallest absolute Gasteiger partial charge is 0.407 e. The number of piperidine rings is 1. The molecule has 0 bridgehead atoms. The molecule has 1 fully saturated rings. The number of anilines is 1. The number of aryl methyl sites for hydroxylation is 1. The minimum Gasteiger partial charge on any atom is -0.445 e. The summed E-state index contributed by atoms with van der Waals surface area (Å²) in [7, 11) is 1.69. The van der Waals surface area contributed by atoms with Crippen LogP contribution in [0.25, 0.3) is 0 Å². The average molecular weight is 360 g/mol. The van der Waals surface area contributed by atoms with Crippen LogP contribution in [-0.2, 0) is 16.1 Å². The van der Waals surface area contributed by atoms with Crippen molar-refractivity contribution in [2.75, 3.05) is 25.1 Å². The monoisotopic (exact) mass is 360 g/mol. The summed E-state index contributed by atoms with van der Waals surface area (Å²) in [6.07, 6.45) is 0.382. The lowest BCUT2D eigenvalue weighted by molar-refractivity contribution is 0.0548. The molecule has 1 aromatic carbocycles. The van der Waals surface area contributed by atoms with Crippen molar-refractivity contribution < 1.29 is 14.3 Å². The van der Waals surface area contributed by atoms with Gasteiger partial charge in [-0.05, 0) is 35.9 Å². The molecule has 3 rings (SSSR count). The van der Waals surface area contributed by atoms with Crippen LogP contribution in [0.4, 0.5) is 9.80 Å². The molecule has 1 aromatic heterocycles. The van der Waals surface area contributed by atoms with Crippen LogP contribution >= 0.6 is 11.3 Å². The first kappa shape index (κ1) is 17.8. The van der Waals surface area contributed by atoms with Gasteiger partial charge in [0.25, 0.3) is 0 Å². The molecule has 1 N–H and O–H groups in total. The van der Waals surface area contributed by atoms with Gasteiger partial charge < -0.3 is 19.7 Å². The maximum atomic E-state index is 12.1. The van der Waals surface area contributed by atoms with Gasteiger partial charge >= 0.3 is 6.09 Å². The molecule has 0 aliphatic carbocycles. The molecule has 0 saturated carbocycles. The highest BCUT2D eigenvalue weighted by molar-refractivity contribution is 7.14. The predicted molar refractivity (Wildman–Crippen MR) is 100 cm³/mol. The molecule has 2 atom stereocenters. The number of carbonyl (C=O) groups is 1. The molecule has 25 heavy (non-hydrogen) atoms. The Morgan fingerprint density at radius 3 is 2.84 bits per heavy atom. The van der Waals surface area contributed by atoms with Crippen molar-refractivity contribution in [2.45, 2.75) is 32.1 Å². The van der Waals surface area contributed by atoms with Gasteiger partial charge in [0.2, 0.25) is 0 Å². The number of thiophene rings is 1. The van der Waals surface area contributed by atoms with Crippen LogP contribution in [0.3, 0.4) is 0 Å². The maximum absolute atomic E-state index is 12.1. The lowest BCUT2D eigenvalue weighted by Gasteiger charge is -2.38. The Morgan fingerprint density at radius 1 is 1.36 bits per heavy atom. The molecular formula is C19H24N2O3S. The molecule has 0 spiro atoms. The van der Waals surface area contributed by atoms with Crippen LogP contribution in [0.2, 0.25) is 0 Å². The molecule has 5 nitrogen and oxygen atoms in total. The van der Waals surface area contributed by atoms with Crippen molar-refractivity contribution in [2.24, 2.45) is 0 Å². The Labute approximate surface area is 152 Å². The second kappa shape index (κ2) is 8.36. The van der Waals surface area contributed by atoms with Crippen molar-refractivity contribution in [1.82, 2.24) is 5.32 Å². The maximum Gasteiger partial charge on any atom is 0.407 e. The first-order chi connectivity index (χ1) is 12.2. The van der Waals surface area contributed by atoms with E-state index in [1.165, 1.54) is 10.6 Å². The van der Waals surface area contributed by atoms with Crippen molar-refractivity contribution in [1.29, 1.82) is 0 Å². The third-order valence-electron chi connectivity index (χ3n) is 4.41. The highest BCUT2D eigenvalue weighted by atomic mass is 32.1. The molecule has 1 aliphatic heterocycles. The molecule has 1 aliphatic rings. The Hall–Kier alpha value is -2.05. The van der Waals surface area contributed by atoms with Crippen LogP contribution < -0.4 is 10.2 Å². The molecule has 0 unspecified atom stereocenters. The number of amides is 1. The molecular weight excluding hydrogens is 336 g/mol. The zero-order valence-electron chi connectivity index (χ0n) is 14.6. The number of methoxy groups -OCH3 is 1. The fourth-order valence-electron chi connectivity index (χ4n) is 3.02. The van der Waals surface area contributed by atoms with E-state index in [9.17, 15) is 4.79 Å². The number of carbonyl (C=O) groups excluding carboxylic acids is 1. The lowest BCUT2D eigenvalue weighted by Crippen LogP contribution is -2.54. The first-order valence-corrected chi connectivity index (χ1v) is 9.34. The van der Waals surface area contributed by atoms with Gasteiger partial charge in [0.1, 0.15) is 6.61 Å². The third kappa shape index (κ3) is 4.74. The topological polar surface area (TPSA) is 50.8 Å². The number of benzene rings is 1. The highest BCUT2D eigenvalue weighted by Crippen LogP contribution is 2.28. The van der Waals surface area contributed by atoms with E-state index in [-0.39, 0.29) is 18.8 Å². The van der Waals surface area contributed by atoms with E-state index in [4.69, 9.17) is 9.47 Å². The average Bonchev–Trinajstić information content (AvgIpc) is 3.07. The second-order valence-electron chi connectivity index (χ2n) is 6.28. The van der Waals surface area contributed by atoms with Gasteiger partial charge in [-0.3, -0.25) is 0 Å². The second-order valence-corrected chi connectivity index (χ2v) is 7.17. The number of rotatable bonds is 5. The van der Waals surface area contributed by atoms with Crippen LogP contribution in [0, 0.1) is 6.92 Å². The third-order valence-corrected chi connectivity index (χ3v) is 5.51. The van der Waals surface area contributed by atoms with Crippen LogP contribution in [0.1, 0.15) is 17.5 Å². The number of nitrogens with zero attached hydrogens (tertiary/aromatic N) is 1.